The minimum absolute atomic E-state index is 0.00412. The van der Waals surface area contributed by atoms with Crippen molar-refractivity contribution < 1.29 is 19.8 Å². The number of hydrogen-bond donors (Lipinski definition) is 4. The van der Waals surface area contributed by atoms with Crippen LogP contribution in [0.1, 0.15) is 23.7 Å². The van der Waals surface area contributed by atoms with E-state index in [0.29, 0.717) is 17.7 Å². The highest BCUT2D eigenvalue weighted by atomic mass is 16.3. The van der Waals surface area contributed by atoms with Crippen LogP contribution in [0.5, 0.6) is 0 Å². The van der Waals surface area contributed by atoms with Gasteiger partial charge in [0.05, 0.1) is 6.10 Å². The van der Waals surface area contributed by atoms with Crippen LogP contribution in [0.2, 0.25) is 0 Å². The average molecular weight is 278 g/mol. The van der Waals surface area contributed by atoms with Gasteiger partial charge in [0.15, 0.2) is 5.78 Å². The number of carbonyl (C=O) groups excluding carboxylic acids is 2. The highest BCUT2D eigenvalue weighted by molar-refractivity contribution is 5.99. The summed E-state index contributed by atoms with van der Waals surface area (Å²) in [6, 6.07) is 5.79. The predicted molar refractivity (Wildman–Crippen MR) is 73.5 cm³/mol. The first-order valence-electron chi connectivity index (χ1n) is 6.56. The van der Waals surface area contributed by atoms with Gasteiger partial charge in [-0.15, -0.1) is 0 Å². The second-order valence-electron chi connectivity index (χ2n) is 4.79. The zero-order valence-electron chi connectivity index (χ0n) is 11.2. The van der Waals surface area contributed by atoms with E-state index in [2.05, 4.69) is 10.6 Å². The van der Waals surface area contributed by atoms with E-state index < -0.39 is 24.2 Å². The molecule has 1 aromatic rings. The highest BCUT2D eigenvalue weighted by Gasteiger charge is 2.37. The Bertz CT molecular complexity index is 518. The second-order valence-corrected chi connectivity index (χ2v) is 4.79. The molecular weight excluding hydrogens is 260 g/mol. The van der Waals surface area contributed by atoms with Crippen LogP contribution in [0.15, 0.2) is 24.3 Å². The number of hydrogen-bond acceptors (Lipinski definition) is 5. The number of nitrogens with one attached hydrogen (secondary N) is 2. The lowest BCUT2D eigenvalue weighted by Crippen LogP contribution is -2.43. The Morgan fingerprint density at radius 1 is 1.40 bits per heavy atom. The molecule has 2 rings (SSSR count). The third-order valence-electron chi connectivity index (χ3n) is 3.34. The van der Waals surface area contributed by atoms with Crippen LogP contribution in [-0.2, 0) is 4.79 Å². The van der Waals surface area contributed by atoms with E-state index in [1.165, 1.54) is 0 Å². The smallest absolute Gasteiger partial charge is 0.244 e. The number of β-amino-alcohol motifs (C(OH)–C–C–N with tert-alkyl or cyclic N) is 1. The molecule has 0 bridgehead atoms. The first kappa shape index (κ1) is 14.6. The molecule has 20 heavy (non-hydrogen) atoms. The standard InChI is InChI=1S/C14H18N2O4/c1-2-10(17)8-4-3-5-9(6-8)16-14(20)12-13(19)11(18)7-15-12/h3-6,11-13,15,18-19H,2,7H2,1H3,(H,16,20)/t11-,12-,13-/m1/s1. The van der Waals surface area contributed by atoms with Gasteiger partial charge in [-0.05, 0) is 12.1 Å². The lowest BCUT2D eigenvalue weighted by molar-refractivity contribution is -0.120. The van der Waals surface area contributed by atoms with Gasteiger partial charge in [0, 0.05) is 24.2 Å². The number of aliphatic hydroxyl groups excluding tert-OH is 2. The maximum absolute atomic E-state index is 12.0. The molecule has 1 fully saturated rings. The molecule has 1 aliphatic heterocycles. The number of ketones is 1. The van der Waals surface area contributed by atoms with Crippen molar-refractivity contribution in [2.75, 3.05) is 11.9 Å². The van der Waals surface area contributed by atoms with E-state index in [9.17, 15) is 19.8 Å². The number of carbonyl (C=O) groups is 2. The van der Waals surface area contributed by atoms with Gasteiger partial charge in [-0.3, -0.25) is 9.59 Å². The van der Waals surface area contributed by atoms with Crippen LogP contribution in [-0.4, -0.2) is 46.7 Å². The SMILES string of the molecule is CCC(=O)c1cccc(NC(=O)[C@@H]2NC[C@@H](O)[C@H]2O)c1. The summed E-state index contributed by atoms with van der Waals surface area (Å²) < 4.78 is 0. The number of amides is 1. The summed E-state index contributed by atoms with van der Waals surface area (Å²) in [5, 5.41) is 24.4. The Kier molecular flexibility index (Phi) is 4.49. The van der Waals surface area contributed by atoms with E-state index >= 15 is 0 Å². The van der Waals surface area contributed by atoms with E-state index in [4.69, 9.17) is 0 Å². The molecule has 6 nitrogen and oxygen atoms in total. The number of anilines is 1. The molecule has 3 atom stereocenters. The van der Waals surface area contributed by atoms with Gasteiger partial charge in [0.1, 0.15) is 12.1 Å². The minimum Gasteiger partial charge on any atom is -0.389 e. The van der Waals surface area contributed by atoms with Crippen LogP contribution in [0, 0.1) is 0 Å². The van der Waals surface area contributed by atoms with Crippen LogP contribution < -0.4 is 10.6 Å². The number of benzene rings is 1. The molecule has 6 heteroatoms. The summed E-state index contributed by atoms with van der Waals surface area (Å²) in [5.41, 5.74) is 1.02. The normalized spacial score (nSPS) is 25.4. The Morgan fingerprint density at radius 2 is 2.15 bits per heavy atom. The summed E-state index contributed by atoms with van der Waals surface area (Å²) in [5.74, 6) is -0.439. The van der Waals surface area contributed by atoms with Crippen molar-refractivity contribution in [2.45, 2.75) is 31.6 Å². The molecule has 1 heterocycles. The first-order chi connectivity index (χ1) is 9.52. The Balaban J connectivity index is 2.06. The van der Waals surface area contributed by atoms with Gasteiger partial charge in [-0.1, -0.05) is 19.1 Å². The van der Waals surface area contributed by atoms with Gasteiger partial charge in [-0.25, -0.2) is 0 Å². The molecule has 0 aliphatic carbocycles. The summed E-state index contributed by atoms with van der Waals surface area (Å²) in [6.07, 6.45) is -1.68. The molecule has 0 saturated carbocycles. The van der Waals surface area contributed by atoms with E-state index in [0.717, 1.165) is 0 Å². The predicted octanol–water partition coefficient (Wildman–Crippen LogP) is -0.0886. The maximum atomic E-state index is 12.0. The zero-order valence-corrected chi connectivity index (χ0v) is 11.2. The van der Waals surface area contributed by atoms with Gasteiger partial charge in [0.2, 0.25) is 5.91 Å². The van der Waals surface area contributed by atoms with E-state index in [1.807, 2.05) is 0 Å². The Hall–Kier alpha value is -1.76. The summed E-state index contributed by atoms with van der Waals surface area (Å²) in [6.45, 7) is 1.95. The third kappa shape index (κ3) is 3.04. The van der Waals surface area contributed by atoms with Crippen molar-refractivity contribution in [1.82, 2.24) is 5.32 Å². The minimum atomic E-state index is -1.13. The fourth-order valence-corrected chi connectivity index (χ4v) is 2.15. The topological polar surface area (TPSA) is 98.7 Å². The second kappa shape index (κ2) is 6.13. The molecule has 0 radical (unpaired) electrons. The van der Waals surface area contributed by atoms with Crippen molar-refractivity contribution in [2.24, 2.45) is 0 Å². The fraction of sp³-hybridized carbons (Fsp3) is 0.429. The molecule has 1 amide bonds. The summed E-state index contributed by atoms with van der Waals surface area (Å²) in [4.78, 5) is 23.6. The molecule has 0 spiro atoms. The molecule has 1 aromatic carbocycles. The van der Waals surface area contributed by atoms with Gasteiger partial charge >= 0.3 is 0 Å². The van der Waals surface area contributed by atoms with Crippen molar-refractivity contribution in [3.05, 3.63) is 29.8 Å². The fourth-order valence-electron chi connectivity index (χ4n) is 2.15. The van der Waals surface area contributed by atoms with Crippen molar-refractivity contribution in [3.8, 4) is 0 Å². The molecule has 108 valence electrons. The molecular formula is C14H18N2O4. The van der Waals surface area contributed by atoms with Gasteiger partial charge in [-0.2, -0.15) is 0 Å². The van der Waals surface area contributed by atoms with Crippen LogP contribution in [0.25, 0.3) is 0 Å². The van der Waals surface area contributed by atoms with Gasteiger partial charge in [0.25, 0.3) is 0 Å². The number of aliphatic hydroxyl groups is 2. The quantitative estimate of drug-likeness (QED) is 0.577. The van der Waals surface area contributed by atoms with E-state index in [1.54, 1.807) is 31.2 Å². The van der Waals surface area contributed by atoms with Crippen molar-refractivity contribution in [1.29, 1.82) is 0 Å². The zero-order chi connectivity index (χ0) is 14.7. The third-order valence-corrected chi connectivity index (χ3v) is 3.34. The molecule has 0 unspecified atom stereocenters. The highest BCUT2D eigenvalue weighted by Crippen LogP contribution is 2.15. The summed E-state index contributed by atoms with van der Waals surface area (Å²) >= 11 is 0. The maximum Gasteiger partial charge on any atom is 0.244 e. The van der Waals surface area contributed by atoms with Gasteiger partial charge < -0.3 is 20.8 Å². The van der Waals surface area contributed by atoms with E-state index in [-0.39, 0.29) is 12.3 Å². The summed E-state index contributed by atoms with van der Waals surface area (Å²) in [7, 11) is 0. The Morgan fingerprint density at radius 3 is 2.75 bits per heavy atom. The van der Waals surface area contributed by atoms with Crippen LogP contribution >= 0.6 is 0 Å². The van der Waals surface area contributed by atoms with Crippen LogP contribution in [0.4, 0.5) is 5.69 Å². The molecule has 1 saturated heterocycles. The number of rotatable bonds is 4. The largest absolute Gasteiger partial charge is 0.389 e. The lowest BCUT2D eigenvalue weighted by atomic mass is 10.1. The molecule has 1 aliphatic rings. The molecule has 0 aromatic heterocycles. The van der Waals surface area contributed by atoms with Crippen LogP contribution in [0.3, 0.4) is 0 Å². The molecule has 4 N–H and O–H groups in total. The van der Waals surface area contributed by atoms with Crippen molar-refractivity contribution >= 4 is 17.4 Å². The first-order valence-corrected chi connectivity index (χ1v) is 6.56. The van der Waals surface area contributed by atoms with Crippen molar-refractivity contribution in [3.63, 3.8) is 0 Å². The Labute approximate surface area is 116 Å². The monoisotopic (exact) mass is 278 g/mol. The number of Topliss-reactive ketones (excluding diaryl/α,β-unsaturated/α-hetero) is 1. The average Bonchev–Trinajstić information content (AvgIpc) is 2.78. The lowest BCUT2D eigenvalue weighted by Gasteiger charge is -2.16.